The molecule has 1 spiro atoms. The molecule has 52 heavy (non-hydrogen) atoms. The number of piperazine rings is 1. The Morgan fingerprint density at radius 2 is 1.88 bits per heavy atom. The zero-order valence-corrected chi connectivity index (χ0v) is 32.3. The van der Waals surface area contributed by atoms with E-state index in [1.165, 1.54) is 11.1 Å². The number of aliphatic hydroxyl groups is 1. The number of anilines is 1. The molecule has 2 N–H and O–H groups in total. The van der Waals surface area contributed by atoms with Crippen LogP contribution in [0.25, 0.3) is 0 Å². The standard InChI is InChI=1S/C40H55ClN4O6S/c1-27-11-13-40(47,25-43-14-15-44-16-17-50-22-33(44)21-43)35-8-5-31(35)20-45-24-39(12-3-4-29-18-32(41)7-9-34(29)39)26-51-37-10-6-30(19-36(37)45)38(46)42-52(48,49)23-28(27)2/h6-7,9-10,18-19,27-28,31,33,35,47H,3-5,8,11-17,20-26H2,1-2H3,(H,42,46)/t27-,28+,31-,33-,35+,39-,40+/m0/s1. The van der Waals surface area contributed by atoms with Crippen LogP contribution in [-0.2, 0) is 26.6 Å². The number of halogens is 1. The molecule has 8 rings (SSSR count). The van der Waals surface area contributed by atoms with Gasteiger partial charge in [-0.25, -0.2) is 13.1 Å². The molecule has 1 saturated carbocycles. The molecule has 1 amide bonds. The number of nitrogens with zero attached hydrogens (tertiary/aromatic N) is 3. The number of aryl methyl sites for hydroxylation is 1. The van der Waals surface area contributed by atoms with Gasteiger partial charge in [0.25, 0.3) is 5.91 Å². The minimum absolute atomic E-state index is 0.0431. The number of morpholine rings is 1. The van der Waals surface area contributed by atoms with Gasteiger partial charge in [0.1, 0.15) is 5.75 Å². The van der Waals surface area contributed by atoms with Crippen molar-refractivity contribution in [2.75, 3.05) is 76.3 Å². The number of rotatable bonds is 2. The van der Waals surface area contributed by atoms with Crippen molar-refractivity contribution < 1.29 is 27.8 Å². The highest BCUT2D eigenvalue weighted by Crippen LogP contribution is 2.49. The summed E-state index contributed by atoms with van der Waals surface area (Å²) in [7, 11) is -3.90. The minimum Gasteiger partial charge on any atom is -0.490 e. The number of carbonyl (C=O) groups excluding carboxylic acids is 1. The summed E-state index contributed by atoms with van der Waals surface area (Å²) >= 11 is 6.49. The van der Waals surface area contributed by atoms with Crippen molar-refractivity contribution in [2.24, 2.45) is 23.7 Å². The lowest BCUT2D eigenvalue weighted by atomic mass is 9.62. The monoisotopic (exact) mass is 754 g/mol. The van der Waals surface area contributed by atoms with Crippen LogP contribution in [0.15, 0.2) is 36.4 Å². The Bertz CT molecular complexity index is 1780. The summed E-state index contributed by atoms with van der Waals surface area (Å²) in [5, 5.41) is 13.7. The number of ether oxygens (including phenoxy) is 2. The van der Waals surface area contributed by atoms with E-state index in [9.17, 15) is 18.3 Å². The second kappa shape index (κ2) is 14.3. The molecular weight excluding hydrogens is 700 g/mol. The van der Waals surface area contributed by atoms with E-state index >= 15 is 0 Å². The van der Waals surface area contributed by atoms with Crippen LogP contribution in [0.2, 0.25) is 5.02 Å². The van der Waals surface area contributed by atoms with Crippen LogP contribution in [0.1, 0.15) is 73.9 Å². The Labute approximate surface area is 314 Å². The van der Waals surface area contributed by atoms with Crippen LogP contribution in [0.3, 0.4) is 0 Å². The molecule has 2 aromatic rings. The molecule has 2 aromatic carbocycles. The van der Waals surface area contributed by atoms with Crippen molar-refractivity contribution >= 4 is 33.2 Å². The van der Waals surface area contributed by atoms with Gasteiger partial charge in [0.2, 0.25) is 10.0 Å². The lowest BCUT2D eigenvalue weighted by molar-refractivity contribution is -0.121. The van der Waals surface area contributed by atoms with Crippen LogP contribution in [0.4, 0.5) is 5.69 Å². The van der Waals surface area contributed by atoms with Gasteiger partial charge in [-0.05, 0) is 110 Å². The highest BCUT2D eigenvalue weighted by Gasteiger charge is 2.50. The van der Waals surface area contributed by atoms with Crippen LogP contribution in [0.5, 0.6) is 5.75 Å². The highest BCUT2D eigenvalue weighted by atomic mass is 35.5. The molecule has 2 bridgehead atoms. The number of β-amino-alcohol motifs (C(OH)–C–C–N with tert-alkyl or cyclic N) is 1. The predicted molar refractivity (Wildman–Crippen MR) is 203 cm³/mol. The number of hydrogen-bond donors (Lipinski definition) is 2. The molecule has 4 heterocycles. The van der Waals surface area contributed by atoms with Crippen LogP contribution < -0.4 is 14.4 Å². The summed E-state index contributed by atoms with van der Waals surface area (Å²) in [6.45, 7) is 11.8. The summed E-state index contributed by atoms with van der Waals surface area (Å²) in [4.78, 5) is 20.9. The molecule has 0 unspecified atom stereocenters. The van der Waals surface area contributed by atoms with Crippen LogP contribution >= 0.6 is 11.6 Å². The van der Waals surface area contributed by atoms with Gasteiger partial charge in [0.15, 0.2) is 0 Å². The van der Waals surface area contributed by atoms with E-state index in [0.29, 0.717) is 56.4 Å². The first kappa shape index (κ1) is 36.6. The molecule has 10 nitrogen and oxygen atoms in total. The number of benzene rings is 2. The fourth-order valence-electron chi connectivity index (χ4n) is 10.3. The Morgan fingerprint density at radius 1 is 1.02 bits per heavy atom. The smallest absolute Gasteiger partial charge is 0.264 e. The van der Waals surface area contributed by atoms with E-state index in [2.05, 4.69) is 38.5 Å². The number of amides is 1. The fraction of sp³-hybridized carbons (Fsp3) is 0.675. The third-order valence-electron chi connectivity index (χ3n) is 13.6. The summed E-state index contributed by atoms with van der Waals surface area (Å²) in [5.74, 6) is 0.119. The quantitative estimate of drug-likeness (QED) is 0.451. The molecule has 12 heteroatoms. The van der Waals surface area contributed by atoms with Gasteiger partial charge in [-0.2, -0.15) is 0 Å². The third kappa shape index (κ3) is 7.22. The summed E-state index contributed by atoms with van der Waals surface area (Å²) in [5.41, 5.74) is 2.42. The van der Waals surface area contributed by atoms with Crippen LogP contribution in [-0.4, -0.2) is 112 Å². The van der Waals surface area contributed by atoms with E-state index in [-0.39, 0.29) is 34.8 Å². The van der Waals surface area contributed by atoms with Gasteiger partial charge in [-0.15, -0.1) is 0 Å². The molecule has 0 radical (unpaired) electrons. The maximum atomic E-state index is 13.6. The molecule has 0 aromatic heterocycles. The number of sulfonamides is 1. The fourth-order valence-corrected chi connectivity index (χ4v) is 12.0. The molecule has 2 aliphatic carbocycles. The number of fused-ring (bicyclic) bond motifs is 5. The minimum atomic E-state index is -3.90. The molecule has 7 atom stereocenters. The van der Waals surface area contributed by atoms with E-state index in [0.717, 1.165) is 82.2 Å². The first-order valence-electron chi connectivity index (χ1n) is 19.5. The Kier molecular flexibility index (Phi) is 10.1. The van der Waals surface area contributed by atoms with Crippen molar-refractivity contribution in [3.63, 3.8) is 0 Å². The zero-order chi connectivity index (χ0) is 36.3. The molecular formula is C40H55ClN4O6S. The SMILES string of the molecule is C[C@@H]1CS(=O)(=O)NC(=O)c2ccc3c(c2)N(C[C@@H]2CC[C@H]2[C@](O)(CN2CCN4CCOC[C@@H]4C2)CC[C@@H]1C)C[C@@]1(CCCc2cc(Cl)ccc21)CO3. The summed E-state index contributed by atoms with van der Waals surface area (Å²) in [6, 6.07) is 11.9. The van der Waals surface area contributed by atoms with Gasteiger partial charge in [-0.3, -0.25) is 14.6 Å². The lowest BCUT2D eigenvalue weighted by Crippen LogP contribution is -2.62. The first-order chi connectivity index (χ1) is 24.9. The maximum absolute atomic E-state index is 13.6. The maximum Gasteiger partial charge on any atom is 0.264 e. The number of carbonyl (C=O) groups is 1. The molecule has 4 aliphatic heterocycles. The van der Waals surface area contributed by atoms with Crippen LogP contribution in [0, 0.1) is 23.7 Å². The third-order valence-corrected chi connectivity index (χ3v) is 15.3. The average Bonchev–Trinajstić information content (AvgIpc) is 3.24. The second-order valence-corrected chi connectivity index (χ2v) is 19.2. The van der Waals surface area contributed by atoms with Gasteiger partial charge >= 0.3 is 0 Å². The van der Waals surface area contributed by atoms with Crippen molar-refractivity contribution in [3.8, 4) is 5.75 Å². The molecule has 6 aliphatic rings. The second-order valence-electron chi connectivity index (χ2n) is 17.0. The largest absolute Gasteiger partial charge is 0.490 e. The first-order valence-corrected chi connectivity index (χ1v) is 21.6. The van der Waals surface area contributed by atoms with Crippen molar-refractivity contribution in [1.29, 1.82) is 0 Å². The van der Waals surface area contributed by atoms with E-state index in [1.54, 1.807) is 6.07 Å². The van der Waals surface area contributed by atoms with Gasteiger partial charge in [0.05, 0.1) is 36.9 Å². The molecule has 284 valence electrons. The predicted octanol–water partition coefficient (Wildman–Crippen LogP) is 4.71. The topological polar surface area (TPSA) is 112 Å². The van der Waals surface area contributed by atoms with E-state index in [1.807, 2.05) is 25.1 Å². The zero-order valence-electron chi connectivity index (χ0n) is 30.7. The lowest BCUT2D eigenvalue weighted by Gasteiger charge is -2.53. The summed E-state index contributed by atoms with van der Waals surface area (Å²) in [6.07, 6.45) is 6.25. The Hall–Kier alpha value is -2.41. The van der Waals surface area contributed by atoms with Crippen molar-refractivity contribution in [3.05, 3.63) is 58.1 Å². The van der Waals surface area contributed by atoms with Gasteiger partial charge < -0.3 is 19.5 Å². The normalized spacial score (nSPS) is 35.6. The summed E-state index contributed by atoms with van der Waals surface area (Å²) < 4.78 is 41.7. The number of nitrogens with one attached hydrogen (secondary N) is 1. The van der Waals surface area contributed by atoms with E-state index in [4.69, 9.17) is 21.1 Å². The average molecular weight is 755 g/mol. The highest BCUT2D eigenvalue weighted by molar-refractivity contribution is 7.90. The van der Waals surface area contributed by atoms with Gasteiger partial charge in [0, 0.05) is 67.9 Å². The molecule has 3 fully saturated rings. The van der Waals surface area contributed by atoms with Gasteiger partial charge in [-0.1, -0.05) is 31.5 Å². The van der Waals surface area contributed by atoms with E-state index < -0.39 is 21.5 Å². The Morgan fingerprint density at radius 3 is 2.71 bits per heavy atom. The number of hydrogen-bond acceptors (Lipinski definition) is 9. The van der Waals surface area contributed by atoms with Crippen molar-refractivity contribution in [2.45, 2.75) is 75.9 Å². The molecule has 2 saturated heterocycles. The van der Waals surface area contributed by atoms with Crippen molar-refractivity contribution in [1.82, 2.24) is 14.5 Å². The Balaban J connectivity index is 1.16.